The summed E-state index contributed by atoms with van der Waals surface area (Å²) in [5.74, 6) is 5.99. The lowest BCUT2D eigenvalue weighted by Gasteiger charge is -2.03. The van der Waals surface area contributed by atoms with Gasteiger partial charge < -0.3 is 0 Å². The van der Waals surface area contributed by atoms with Crippen molar-refractivity contribution in [3.05, 3.63) is 35.9 Å². The van der Waals surface area contributed by atoms with E-state index in [1.54, 1.807) is 0 Å². The van der Waals surface area contributed by atoms with Crippen molar-refractivity contribution in [1.29, 1.82) is 0 Å². The molecule has 0 amide bonds. The molecule has 0 atom stereocenters. The third kappa shape index (κ3) is 0.853. The van der Waals surface area contributed by atoms with E-state index in [4.69, 9.17) is 0 Å². The zero-order valence-electron chi connectivity index (χ0n) is 5.26. The molecule has 10 heavy (non-hydrogen) atoms. The number of benzene rings is 1. The summed E-state index contributed by atoms with van der Waals surface area (Å²) in [7, 11) is 0. The van der Waals surface area contributed by atoms with Gasteiger partial charge in [-0.1, -0.05) is 58.1 Å². The Hall–Kier alpha value is -0.740. The highest BCUT2D eigenvalue weighted by Crippen LogP contribution is 2.37. The Balaban J connectivity index is 2.36. The fourth-order valence-corrected chi connectivity index (χ4v) is 1.23. The molecule has 0 saturated heterocycles. The first-order valence-electron chi connectivity index (χ1n) is 3.10. The normalized spacial score (nSPS) is 17.3. The van der Waals surface area contributed by atoms with Crippen molar-refractivity contribution in [1.82, 2.24) is 0 Å². The maximum Gasteiger partial charge on any atom is 0.171 e. The average Bonchev–Trinajstić information content (AvgIpc) is 2.72. The van der Waals surface area contributed by atoms with Gasteiger partial charge in [0.15, 0.2) is 4.32 Å². The van der Waals surface area contributed by atoms with Crippen LogP contribution in [0.1, 0.15) is 5.56 Å². The highest BCUT2D eigenvalue weighted by molar-refractivity contribution is 9.10. The maximum absolute atomic E-state index is 3.48. The van der Waals surface area contributed by atoms with Crippen LogP contribution in [0.4, 0.5) is 0 Å². The molecule has 1 aliphatic carbocycles. The summed E-state index contributed by atoms with van der Waals surface area (Å²) in [5.41, 5.74) is 1.20. The molecule has 2 rings (SSSR count). The predicted octanol–water partition coefficient (Wildman–Crippen LogP) is 2.29. The molecule has 0 radical (unpaired) electrons. The van der Waals surface area contributed by atoms with Crippen LogP contribution >= 0.6 is 15.9 Å². The van der Waals surface area contributed by atoms with Crippen molar-refractivity contribution >= 4 is 15.9 Å². The van der Waals surface area contributed by atoms with E-state index in [0.717, 1.165) is 0 Å². The zero-order chi connectivity index (χ0) is 7.03. The largest absolute Gasteiger partial charge is 0.171 e. The minimum atomic E-state index is -0.145. The van der Waals surface area contributed by atoms with Crippen LogP contribution < -0.4 is 0 Å². The molecule has 0 bridgehead atoms. The van der Waals surface area contributed by atoms with Crippen molar-refractivity contribution in [3.63, 3.8) is 0 Å². The van der Waals surface area contributed by atoms with Crippen LogP contribution in [0.2, 0.25) is 0 Å². The summed E-state index contributed by atoms with van der Waals surface area (Å²) < 4.78 is -0.145. The minimum absolute atomic E-state index is 0.145. The molecule has 48 valence electrons. The van der Waals surface area contributed by atoms with E-state index in [9.17, 15) is 0 Å². The average molecular weight is 193 g/mol. The Morgan fingerprint density at radius 2 is 1.70 bits per heavy atom. The summed E-state index contributed by atoms with van der Waals surface area (Å²) in [6, 6.07) is 10.1. The van der Waals surface area contributed by atoms with Crippen LogP contribution in [0, 0.1) is 11.8 Å². The molecular weight excluding hydrogens is 188 g/mol. The third-order valence-corrected chi connectivity index (χ3v) is 2.37. The molecule has 0 N–H and O–H groups in total. The lowest BCUT2D eigenvalue weighted by Crippen LogP contribution is -1.98. The fraction of sp³-hybridized carbons (Fsp3) is 0.111. The van der Waals surface area contributed by atoms with Gasteiger partial charge in [0.05, 0.1) is 0 Å². The molecule has 1 aromatic carbocycles. The van der Waals surface area contributed by atoms with Gasteiger partial charge in [0.1, 0.15) is 0 Å². The van der Waals surface area contributed by atoms with Crippen LogP contribution in [0.15, 0.2) is 30.3 Å². The Kier molecular flexibility index (Phi) is 1.12. The molecule has 0 spiro atoms. The van der Waals surface area contributed by atoms with Crippen LogP contribution in [0.25, 0.3) is 0 Å². The molecule has 0 fully saturated rings. The molecular formula is C9H5Br. The van der Waals surface area contributed by atoms with Gasteiger partial charge in [0, 0.05) is 0 Å². The summed E-state index contributed by atoms with van der Waals surface area (Å²) >= 11 is 3.48. The van der Waals surface area contributed by atoms with Crippen molar-refractivity contribution in [2.75, 3.05) is 0 Å². The van der Waals surface area contributed by atoms with E-state index in [0.29, 0.717) is 0 Å². The lowest BCUT2D eigenvalue weighted by atomic mass is 10.1. The van der Waals surface area contributed by atoms with Gasteiger partial charge in [-0.15, -0.1) is 0 Å². The Labute approximate surface area is 68.4 Å². The van der Waals surface area contributed by atoms with E-state index in [-0.39, 0.29) is 4.32 Å². The topological polar surface area (TPSA) is 0 Å². The highest BCUT2D eigenvalue weighted by atomic mass is 79.9. The molecule has 1 aromatic rings. The molecule has 0 heterocycles. The number of hydrogen-bond acceptors (Lipinski definition) is 0. The van der Waals surface area contributed by atoms with Crippen molar-refractivity contribution in [2.45, 2.75) is 4.32 Å². The third-order valence-electron chi connectivity index (χ3n) is 1.52. The van der Waals surface area contributed by atoms with Gasteiger partial charge in [0.2, 0.25) is 0 Å². The van der Waals surface area contributed by atoms with Gasteiger partial charge in [-0.2, -0.15) is 0 Å². The quantitative estimate of drug-likeness (QED) is 0.474. The smallest absolute Gasteiger partial charge is 0.0637 e. The first kappa shape index (κ1) is 6.00. The van der Waals surface area contributed by atoms with Crippen LogP contribution in [-0.4, -0.2) is 0 Å². The SMILES string of the molecule is BrC1(c2ccccc2)C#C1. The lowest BCUT2D eigenvalue weighted by molar-refractivity contribution is 1.19. The highest BCUT2D eigenvalue weighted by Gasteiger charge is 2.32. The summed E-state index contributed by atoms with van der Waals surface area (Å²) in [6.45, 7) is 0. The number of alkyl halides is 1. The van der Waals surface area contributed by atoms with Crippen molar-refractivity contribution < 1.29 is 0 Å². The van der Waals surface area contributed by atoms with E-state index in [1.165, 1.54) is 5.56 Å². The van der Waals surface area contributed by atoms with Crippen LogP contribution in [0.5, 0.6) is 0 Å². The second-order valence-electron chi connectivity index (χ2n) is 2.27. The van der Waals surface area contributed by atoms with E-state index in [1.807, 2.05) is 18.2 Å². The summed E-state index contributed by atoms with van der Waals surface area (Å²) in [6.07, 6.45) is 0. The van der Waals surface area contributed by atoms with Gasteiger partial charge in [0.25, 0.3) is 0 Å². The number of halogens is 1. The molecule has 0 saturated carbocycles. The number of hydrogen-bond donors (Lipinski definition) is 0. The standard InChI is InChI=1S/C9H5Br/c10-9(6-7-9)8-4-2-1-3-5-8/h1-5H. The fourth-order valence-electron chi connectivity index (χ4n) is 0.867. The molecule has 1 aliphatic rings. The van der Waals surface area contributed by atoms with Gasteiger partial charge in [-0.25, -0.2) is 0 Å². The zero-order valence-corrected chi connectivity index (χ0v) is 6.85. The molecule has 1 heteroatoms. The van der Waals surface area contributed by atoms with Crippen LogP contribution in [0.3, 0.4) is 0 Å². The summed E-state index contributed by atoms with van der Waals surface area (Å²) in [5, 5.41) is 0. The predicted molar refractivity (Wildman–Crippen MR) is 44.8 cm³/mol. The first-order valence-corrected chi connectivity index (χ1v) is 3.89. The van der Waals surface area contributed by atoms with Crippen LogP contribution in [-0.2, 0) is 4.32 Å². The summed E-state index contributed by atoms with van der Waals surface area (Å²) in [4.78, 5) is 0. The Morgan fingerprint density at radius 1 is 1.10 bits per heavy atom. The second-order valence-corrected chi connectivity index (χ2v) is 3.46. The molecule has 0 unspecified atom stereocenters. The molecule has 0 aliphatic heterocycles. The van der Waals surface area contributed by atoms with Crippen molar-refractivity contribution in [2.24, 2.45) is 0 Å². The van der Waals surface area contributed by atoms with Gasteiger partial charge in [-0.05, 0) is 5.56 Å². The van der Waals surface area contributed by atoms with E-state index < -0.39 is 0 Å². The van der Waals surface area contributed by atoms with Gasteiger partial charge in [-0.3, -0.25) is 0 Å². The molecule has 0 aromatic heterocycles. The van der Waals surface area contributed by atoms with Gasteiger partial charge >= 0.3 is 0 Å². The Bertz CT molecular complexity index is 294. The first-order chi connectivity index (χ1) is 4.81. The minimum Gasteiger partial charge on any atom is -0.0637 e. The second kappa shape index (κ2) is 1.87. The van der Waals surface area contributed by atoms with Crippen molar-refractivity contribution in [3.8, 4) is 11.8 Å². The maximum atomic E-state index is 3.48. The van der Waals surface area contributed by atoms with E-state index in [2.05, 4.69) is 39.9 Å². The Morgan fingerprint density at radius 3 is 2.20 bits per heavy atom. The van der Waals surface area contributed by atoms with E-state index >= 15 is 0 Å². The monoisotopic (exact) mass is 192 g/mol. The molecule has 0 nitrogen and oxygen atoms in total. The number of rotatable bonds is 1.